The molecule has 0 saturated carbocycles. The molecule has 0 heterocycles. The number of hydrogen-bond acceptors (Lipinski definition) is 15. The molecule has 0 aliphatic rings. The minimum Gasteiger partial charge on any atom is -0.462 e. The highest BCUT2D eigenvalue weighted by atomic mass is 31.2. The molecule has 0 aromatic rings. The lowest BCUT2D eigenvalue weighted by atomic mass is 10.0. The van der Waals surface area contributed by atoms with E-state index in [0.29, 0.717) is 25.7 Å². The fraction of sp³-hybridized carbons (Fsp3) is 0.905. The standard InChI is InChI=1S/C84H160O17P2/c1-6-9-12-15-18-21-24-27-30-31-32-33-34-35-38-41-44-49-55-60-65-70-84(89)100-79(73-94-81(86)67-62-57-52-47-42-39-36-28-25-22-19-16-13-10-7-2)75-98-102(90,91)96-71-78(85)72-97-103(92,93)99-76-80(74-95-82(87)68-63-58-53-50-45-46-51-56-61-66-77(4)5)101-83(88)69-64-59-54-48-43-40-37-29-26-23-20-17-14-11-8-3/h22,25,28,36,77-80,85H,6-21,23-24,26-27,29-35,37-76H2,1-5H3,(H,90,91)(H,92,93)/b25-22-,36-28-/t78-,79-,80-/m1/s1. The van der Waals surface area contributed by atoms with Gasteiger partial charge in [-0.3, -0.25) is 37.3 Å². The molecule has 0 aliphatic carbocycles. The number of rotatable bonds is 82. The first-order valence-corrected chi connectivity index (χ1v) is 45.9. The summed E-state index contributed by atoms with van der Waals surface area (Å²) in [7, 11) is -9.94. The number of esters is 4. The van der Waals surface area contributed by atoms with E-state index < -0.39 is 97.5 Å². The molecule has 2 unspecified atom stereocenters. The highest BCUT2D eigenvalue weighted by Crippen LogP contribution is 2.45. The Morgan fingerprint density at radius 3 is 0.796 bits per heavy atom. The molecule has 0 spiro atoms. The van der Waals surface area contributed by atoms with Crippen LogP contribution in [0.5, 0.6) is 0 Å². The third-order valence-corrected chi connectivity index (χ3v) is 21.1. The van der Waals surface area contributed by atoms with E-state index in [1.165, 1.54) is 231 Å². The zero-order valence-electron chi connectivity index (χ0n) is 66.9. The van der Waals surface area contributed by atoms with Crippen LogP contribution >= 0.6 is 15.6 Å². The van der Waals surface area contributed by atoms with Gasteiger partial charge in [-0.05, 0) is 57.3 Å². The van der Waals surface area contributed by atoms with Crippen molar-refractivity contribution >= 4 is 39.5 Å². The molecule has 103 heavy (non-hydrogen) atoms. The molecule has 17 nitrogen and oxygen atoms in total. The van der Waals surface area contributed by atoms with E-state index in [2.05, 4.69) is 58.9 Å². The summed E-state index contributed by atoms with van der Waals surface area (Å²) >= 11 is 0. The van der Waals surface area contributed by atoms with Crippen molar-refractivity contribution in [2.75, 3.05) is 39.6 Å². The maximum Gasteiger partial charge on any atom is 0.472 e. The number of aliphatic hydroxyl groups is 1. The second-order valence-electron chi connectivity index (χ2n) is 30.0. The predicted octanol–water partition coefficient (Wildman–Crippen LogP) is 25.1. The van der Waals surface area contributed by atoms with E-state index in [1.807, 2.05) is 0 Å². The van der Waals surface area contributed by atoms with E-state index >= 15 is 0 Å². The van der Waals surface area contributed by atoms with Crippen LogP contribution in [-0.2, 0) is 65.4 Å². The minimum atomic E-state index is -4.97. The number of unbranched alkanes of at least 4 members (excludes halogenated alkanes) is 51. The van der Waals surface area contributed by atoms with Gasteiger partial charge >= 0.3 is 39.5 Å². The van der Waals surface area contributed by atoms with Crippen molar-refractivity contribution in [1.29, 1.82) is 0 Å². The first-order valence-electron chi connectivity index (χ1n) is 43.0. The largest absolute Gasteiger partial charge is 0.472 e. The van der Waals surface area contributed by atoms with Crippen LogP contribution in [0.2, 0.25) is 0 Å². The highest BCUT2D eigenvalue weighted by Gasteiger charge is 2.30. The molecule has 0 radical (unpaired) electrons. The van der Waals surface area contributed by atoms with Gasteiger partial charge in [0.1, 0.15) is 19.3 Å². The van der Waals surface area contributed by atoms with Crippen LogP contribution in [0.15, 0.2) is 24.3 Å². The minimum absolute atomic E-state index is 0.102. The number of aliphatic hydroxyl groups excluding tert-OH is 1. The number of hydrogen-bond donors (Lipinski definition) is 3. The van der Waals surface area contributed by atoms with Crippen LogP contribution in [0.1, 0.15) is 426 Å². The second-order valence-corrected chi connectivity index (χ2v) is 32.9. The van der Waals surface area contributed by atoms with Crippen LogP contribution in [0.25, 0.3) is 0 Å². The number of carbonyl (C=O) groups excluding carboxylic acids is 4. The van der Waals surface area contributed by atoms with E-state index in [-0.39, 0.29) is 25.7 Å². The quantitative estimate of drug-likeness (QED) is 0.0169. The van der Waals surface area contributed by atoms with E-state index in [9.17, 15) is 43.2 Å². The molecule has 608 valence electrons. The van der Waals surface area contributed by atoms with Crippen LogP contribution in [0.4, 0.5) is 0 Å². The SMILES string of the molecule is CCCCCC/C=C\C=C/CCCCCCCC(=O)OC[C@H](COP(=O)(O)OC[C@@H](O)COP(=O)(O)OC[C@@H](COC(=O)CCCCCCCCCCCC(C)C)OC(=O)CCCCCCCCCCCCCCCCC)OC(=O)CCCCCCCCCCCCCCCCCCCCCCC. The predicted molar refractivity (Wildman–Crippen MR) is 423 cm³/mol. The average Bonchev–Trinajstić information content (AvgIpc) is 0.954. The Hall–Kier alpha value is -2.46. The Bertz CT molecular complexity index is 2060. The van der Waals surface area contributed by atoms with Gasteiger partial charge in [0.2, 0.25) is 0 Å². The van der Waals surface area contributed by atoms with Gasteiger partial charge in [-0.25, -0.2) is 9.13 Å². The van der Waals surface area contributed by atoms with E-state index in [1.54, 1.807) is 0 Å². The summed E-state index contributed by atoms with van der Waals surface area (Å²) < 4.78 is 68.8. The smallest absolute Gasteiger partial charge is 0.462 e. The highest BCUT2D eigenvalue weighted by molar-refractivity contribution is 7.47. The summed E-state index contributed by atoms with van der Waals surface area (Å²) in [5.41, 5.74) is 0. The molecule has 0 rings (SSSR count). The molecule has 0 aliphatic heterocycles. The third-order valence-electron chi connectivity index (χ3n) is 19.2. The molecule has 5 atom stereocenters. The summed E-state index contributed by atoms with van der Waals surface area (Å²) in [4.78, 5) is 73.1. The summed E-state index contributed by atoms with van der Waals surface area (Å²) in [5, 5.41) is 10.7. The molecule has 0 saturated heterocycles. The van der Waals surface area contributed by atoms with Crippen molar-refractivity contribution in [3.05, 3.63) is 24.3 Å². The van der Waals surface area contributed by atoms with Crippen molar-refractivity contribution in [3.63, 3.8) is 0 Å². The number of ether oxygens (including phenoxy) is 4. The molecular formula is C84H160O17P2. The van der Waals surface area contributed by atoms with Crippen LogP contribution in [0.3, 0.4) is 0 Å². The van der Waals surface area contributed by atoms with E-state index in [0.717, 1.165) is 115 Å². The Morgan fingerprint density at radius 1 is 0.301 bits per heavy atom. The molecular weight excluding hydrogens is 1340 g/mol. The molecule has 3 N–H and O–H groups in total. The van der Waals surface area contributed by atoms with Gasteiger partial charge in [0.25, 0.3) is 0 Å². The summed E-state index contributed by atoms with van der Waals surface area (Å²) in [6.45, 7) is 7.26. The number of phosphoric ester groups is 2. The number of carbonyl (C=O) groups is 4. The molecule has 0 fully saturated rings. The Morgan fingerprint density at radius 2 is 0.524 bits per heavy atom. The van der Waals surface area contributed by atoms with Gasteiger partial charge in [0, 0.05) is 25.7 Å². The van der Waals surface area contributed by atoms with Gasteiger partial charge in [-0.1, -0.05) is 374 Å². The number of phosphoric acid groups is 2. The van der Waals surface area contributed by atoms with E-state index in [4.69, 9.17) is 37.0 Å². The van der Waals surface area contributed by atoms with Crippen LogP contribution in [0, 0.1) is 5.92 Å². The fourth-order valence-corrected chi connectivity index (χ4v) is 14.2. The summed E-state index contributed by atoms with van der Waals surface area (Å²) in [5.74, 6) is -1.39. The lowest BCUT2D eigenvalue weighted by molar-refractivity contribution is -0.161. The van der Waals surface area contributed by atoms with Crippen molar-refractivity contribution in [2.45, 2.75) is 445 Å². The first-order chi connectivity index (χ1) is 50.0. The number of allylic oxidation sites excluding steroid dienone is 4. The van der Waals surface area contributed by atoms with Gasteiger partial charge in [-0.2, -0.15) is 0 Å². The maximum absolute atomic E-state index is 13.1. The molecule has 0 bridgehead atoms. The Kier molecular flexibility index (Phi) is 74.5. The van der Waals surface area contributed by atoms with Gasteiger partial charge < -0.3 is 33.8 Å². The zero-order chi connectivity index (χ0) is 75.5. The Labute approximate surface area is 631 Å². The first kappa shape index (κ1) is 101. The normalized spacial score (nSPS) is 14.0. The summed E-state index contributed by atoms with van der Waals surface area (Å²) in [6, 6.07) is 0. The van der Waals surface area contributed by atoms with Gasteiger partial charge in [0.15, 0.2) is 12.2 Å². The maximum atomic E-state index is 13.1. The Balaban J connectivity index is 5.27. The van der Waals surface area contributed by atoms with Gasteiger partial charge in [-0.15, -0.1) is 0 Å². The monoisotopic (exact) mass is 1500 g/mol. The van der Waals surface area contributed by atoms with Crippen LogP contribution < -0.4 is 0 Å². The molecule has 0 aromatic heterocycles. The van der Waals surface area contributed by atoms with Crippen molar-refractivity contribution in [2.24, 2.45) is 5.92 Å². The lowest BCUT2D eigenvalue weighted by Gasteiger charge is -2.21. The van der Waals surface area contributed by atoms with Crippen LogP contribution in [-0.4, -0.2) is 96.7 Å². The summed E-state index contributed by atoms with van der Waals surface area (Å²) in [6.07, 6.45) is 71.6. The molecule has 0 aromatic carbocycles. The topological polar surface area (TPSA) is 237 Å². The molecule has 19 heteroatoms. The fourth-order valence-electron chi connectivity index (χ4n) is 12.6. The zero-order valence-corrected chi connectivity index (χ0v) is 68.7. The lowest BCUT2D eigenvalue weighted by Crippen LogP contribution is -2.30. The molecule has 0 amide bonds. The van der Waals surface area contributed by atoms with Gasteiger partial charge in [0.05, 0.1) is 26.4 Å². The average molecular weight is 1500 g/mol. The third kappa shape index (κ3) is 77.5. The van der Waals surface area contributed by atoms with Crippen molar-refractivity contribution < 1.29 is 80.2 Å². The second kappa shape index (κ2) is 76.3. The van der Waals surface area contributed by atoms with Crippen molar-refractivity contribution in [3.8, 4) is 0 Å². The van der Waals surface area contributed by atoms with Crippen molar-refractivity contribution in [1.82, 2.24) is 0 Å².